The van der Waals surface area contributed by atoms with Gasteiger partial charge in [-0.05, 0) is 23.8 Å². The normalized spacial score (nSPS) is 10.7. The Morgan fingerprint density at radius 2 is 2.00 bits per heavy atom. The average Bonchev–Trinajstić information content (AvgIpc) is 2.55. The highest BCUT2D eigenvalue weighted by Gasteiger charge is 2.10. The third-order valence-corrected chi connectivity index (χ3v) is 2.59. The molecule has 0 fully saturated rings. The van der Waals surface area contributed by atoms with Gasteiger partial charge < -0.3 is 24.6 Å². The second-order valence-electron chi connectivity index (χ2n) is 4.34. The first kappa shape index (κ1) is 18.2. The number of carboxylic acids is 1. The zero-order valence-corrected chi connectivity index (χ0v) is 12.8. The van der Waals surface area contributed by atoms with Crippen LogP contribution in [-0.2, 0) is 14.3 Å². The van der Waals surface area contributed by atoms with Crippen LogP contribution >= 0.6 is 0 Å². The van der Waals surface area contributed by atoms with Gasteiger partial charge in [0.1, 0.15) is 12.4 Å². The Bertz CT molecular complexity index is 564. The number of benzene rings is 1. The molecule has 0 saturated carbocycles. The first-order valence-corrected chi connectivity index (χ1v) is 6.74. The van der Waals surface area contributed by atoms with Crippen LogP contribution in [0.3, 0.4) is 0 Å². The van der Waals surface area contributed by atoms with Crippen LogP contribution in [0.5, 0.6) is 5.75 Å². The lowest BCUT2D eigenvalue weighted by Crippen LogP contribution is -2.28. The van der Waals surface area contributed by atoms with Crippen LogP contribution < -0.4 is 10.1 Å². The molecule has 0 atom stereocenters. The van der Waals surface area contributed by atoms with Gasteiger partial charge in [-0.2, -0.15) is 0 Å². The average molecular weight is 321 g/mol. The van der Waals surface area contributed by atoms with Crippen molar-refractivity contribution in [3.8, 4) is 5.75 Å². The van der Waals surface area contributed by atoms with E-state index < -0.39 is 12.1 Å². The van der Waals surface area contributed by atoms with Crippen LogP contribution in [0.25, 0.3) is 6.08 Å². The minimum Gasteiger partial charge on any atom is -0.478 e. The summed E-state index contributed by atoms with van der Waals surface area (Å²) in [6.07, 6.45) is 2.16. The molecular formula is C16H19NO6. The molecule has 2 N–H and O–H groups in total. The summed E-state index contributed by atoms with van der Waals surface area (Å²) in [5.74, 6) is -0.527. The van der Waals surface area contributed by atoms with E-state index in [1.807, 2.05) is 0 Å². The van der Waals surface area contributed by atoms with Gasteiger partial charge in [0.15, 0.2) is 6.79 Å². The molecule has 7 nitrogen and oxygen atoms in total. The van der Waals surface area contributed by atoms with Gasteiger partial charge in [0.05, 0.1) is 12.1 Å². The topological polar surface area (TPSA) is 94.1 Å². The number of carboxylic acid groups (broad SMARTS) is 1. The van der Waals surface area contributed by atoms with E-state index in [0.717, 1.165) is 0 Å². The van der Waals surface area contributed by atoms with Gasteiger partial charge in [-0.1, -0.05) is 24.8 Å². The highest BCUT2D eigenvalue weighted by atomic mass is 16.7. The lowest BCUT2D eigenvalue weighted by atomic mass is 10.1. The summed E-state index contributed by atoms with van der Waals surface area (Å²) >= 11 is 0. The van der Waals surface area contributed by atoms with Crippen molar-refractivity contribution in [2.24, 2.45) is 0 Å². The lowest BCUT2D eigenvalue weighted by molar-refractivity contribution is -0.132. The molecule has 0 heterocycles. The second kappa shape index (κ2) is 10.0. The van der Waals surface area contributed by atoms with Crippen LogP contribution in [0.15, 0.2) is 42.5 Å². The number of carbonyl (C=O) groups is 2. The fourth-order valence-electron chi connectivity index (χ4n) is 1.53. The van der Waals surface area contributed by atoms with Crippen molar-refractivity contribution in [1.82, 2.24) is 5.32 Å². The first-order chi connectivity index (χ1) is 11.1. The third kappa shape index (κ3) is 7.14. The molecular weight excluding hydrogens is 302 g/mol. The molecule has 1 amide bonds. The van der Waals surface area contributed by atoms with E-state index in [0.29, 0.717) is 11.3 Å². The van der Waals surface area contributed by atoms with Crippen molar-refractivity contribution in [2.75, 3.05) is 27.1 Å². The molecule has 1 aromatic rings. The number of amides is 1. The van der Waals surface area contributed by atoms with Gasteiger partial charge in [0.25, 0.3) is 0 Å². The lowest BCUT2D eigenvalue weighted by Gasteiger charge is -2.07. The Balaban J connectivity index is 2.68. The third-order valence-electron chi connectivity index (χ3n) is 2.59. The van der Waals surface area contributed by atoms with Crippen molar-refractivity contribution in [2.45, 2.75) is 0 Å². The molecule has 0 aliphatic heterocycles. The molecule has 0 spiro atoms. The van der Waals surface area contributed by atoms with Crippen LogP contribution in [-0.4, -0.2) is 44.2 Å². The zero-order valence-electron chi connectivity index (χ0n) is 12.8. The molecule has 1 rings (SSSR count). The second-order valence-corrected chi connectivity index (χ2v) is 4.34. The number of nitrogens with one attached hydrogen (secondary N) is 1. The molecule has 0 aliphatic rings. The SMILES string of the molecule is C=CCOC(=O)NC/C(=C\c1ccc(OCOC)cc1)C(=O)O. The van der Waals surface area contributed by atoms with E-state index in [9.17, 15) is 14.7 Å². The molecule has 0 radical (unpaired) electrons. The van der Waals surface area contributed by atoms with E-state index in [4.69, 9.17) is 14.2 Å². The number of aliphatic carboxylic acids is 1. The van der Waals surface area contributed by atoms with Crippen molar-refractivity contribution < 1.29 is 28.9 Å². The molecule has 0 unspecified atom stereocenters. The Hall–Kier alpha value is -2.80. The fraction of sp³-hybridized carbons (Fsp3) is 0.250. The molecule has 0 aromatic heterocycles. The van der Waals surface area contributed by atoms with Gasteiger partial charge >= 0.3 is 12.1 Å². The fourth-order valence-corrected chi connectivity index (χ4v) is 1.53. The van der Waals surface area contributed by atoms with Crippen LogP contribution in [0.4, 0.5) is 4.79 Å². The molecule has 124 valence electrons. The molecule has 1 aromatic carbocycles. The Kier molecular flexibility index (Phi) is 7.95. The highest BCUT2D eigenvalue weighted by Crippen LogP contribution is 2.14. The number of hydrogen-bond acceptors (Lipinski definition) is 5. The monoisotopic (exact) mass is 321 g/mol. The summed E-state index contributed by atoms with van der Waals surface area (Å²) in [5.41, 5.74) is 0.680. The smallest absolute Gasteiger partial charge is 0.407 e. The maximum Gasteiger partial charge on any atom is 0.407 e. The molecule has 0 bridgehead atoms. The van der Waals surface area contributed by atoms with Crippen LogP contribution in [0, 0.1) is 0 Å². The Morgan fingerprint density at radius 1 is 1.30 bits per heavy atom. The van der Waals surface area contributed by atoms with Crippen LogP contribution in [0.1, 0.15) is 5.56 Å². The number of rotatable bonds is 9. The summed E-state index contributed by atoms with van der Waals surface area (Å²) in [4.78, 5) is 22.5. The van der Waals surface area contributed by atoms with Gasteiger partial charge in [0.2, 0.25) is 0 Å². The van der Waals surface area contributed by atoms with E-state index in [1.54, 1.807) is 24.3 Å². The first-order valence-electron chi connectivity index (χ1n) is 6.74. The summed E-state index contributed by atoms with van der Waals surface area (Å²) in [5, 5.41) is 11.5. The summed E-state index contributed by atoms with van der Waals surface area (Å²) in [7, 11) is 1.52. The van der Waals surface area contributed by atoms with E-state index in [2.05, 4.69) is 11.9 Å². The Morgan fingerprint density at radius 3 is 2.57 bits per heavy atom. The van der Waals surface area contributed by atoms with Gasteiger partial charge in [0, 0.05) is 7.11 Å². The minimum atomic E-state index is -1.13. The van der Waals surface area contributed by atoms with Crippen molar-refractivity contribution in [3.05, 3.63) is 48.1 Å². The zero-order chi connectivity index (χ0) is 17.1. The number of methoxy groups -OCH3 is 1. The maximum atomic E-state index is 11.3. The molecule has 7 heteroatoms. The largest absolute Gasteiger partial charge is 0.478 e. The molecule has 0 aliphatic carbocycles. The van der Waals surface area contributed by atoms with Gasteiger partial charge in [-0.25, -0.2) is 9.59 Å². The van der Waals surface area contributed by atoms with Crippen molar-refractivity contribution in [1.29, 1.82) is 0 Å². The molecule has 0 saturated heterocycles. The van der Waals surface area contributed by atoms with Gasteiger partial charge in [-0.15, -0.1) is 0 Å². The number of alkyl carbamates (subject to hydrolysis) is 1. The highest BCUT2D eigenvalue weighted by molar-refractivity contribution is 5.93. The van der Waals surface area contributed by atoms with Gasteiger partial charge in [-0.3, -0.25) is 0 Å². The minimum absolute atomic E-state index is 0.0195. The summed E-state index contributed by atoms with van der Waals surface area (Å²) in [6.45, 7) is 3.44. The van der Waals surface area contributed by atoms with Crippen LogP contribution in [0.2, 0.25) is 0 Å². The van der Waals surface area contributed by atoms with Crippen molar-refractivity contribution in [3.63, 3.8) is 0 Å². The predicted molar refractivity (Wildman–Crippen MR) is 84.1 cm³/mol. The predicted octanol–water partition coefficient (Wildman–Crippen LogP) is 2.05. The quantitative estimate of drug-likeness (QED) is 0.411. The molecule has 23 heavy (non-hydrogen) atoms. The van der Waals surface area contributed by atoms with Crippen molar-refractivity contribution >= 4 is 18.1 Å². The maximum absolute atomic E-state index is 11.3. The number of ether oxygens (including phenoxy) is 3. The Labute approximate surface area is 134 Å². The standard InChI is InChI=1S/C16H19NO6/c1-3-8-22-16(20)17-10-13(15(18)19)9-12-4-6-14(7-5-12)23-11-21-2/h3-7,9H,1,8,10-11H2,2H3,(H,17,20)(H,18,19)/b13-9+. The van der Waals surface area contributed by atoms with E-state index in [1.165, 1.54) is 19.3 Å². The summed E-state index contributed by atoms with van der Waals surface area (Å²) in [6, 6.07) is 6.78. The van der Waals surface area contributed by atoms with E-state index in [-0.39, 0.29) is 25.5 Å². The number of hydrogen-bond donors (Lipinski definition) is 2. The van der Waals surface area contributed by atoms with E-state index >= 15 is 0 Å². The number of carbonyl (C=O) groups excluding carboxylic acids is 1. The summed E-state index contributed by atoms with van der Waals surface area (Å²) < 4.78 is 14.7.